The van der Waals surface area contributed by atoms with Crippen molar-refractivity contribution in [3.05, 3.63) is 35.4 Å². The van der Waals surface area contributed by atoms with Crippen molar-refractivity contribution in [1.82, 2.24) is 5.32 Å². The van der Waals surface area contributed by atoms with Gasteiger partial charge in [-0.25, -0.2) is 8.78 Å². The topological polar surface area (TPSA) is 38.3 Å². The summed E-state index contributed by atoms with van der Waals surface area (Å²) in [6.07, 6.45) is 0.805. The first kappa shape index (κ1) is 14.6. The quantitative estimate of drug-likeness (QED) is 0.795. The second-order valence-electron chi connectivity index (χ2n) is 4.19. The Hall–Kier alpha value is -1.49. The van der Waals surface area contributed by atoms with Gasteiger partial charge in [0.2, 0.25) is 0 Å². The van der Waals surface area contributed by atoms with Crippen LogP contribution in [0.1, 0.15) is 30.6 Å². The number of carbonyl (C=O) groups excluding carboxylic acids is 1. The van der Waals surface area contributed by atoms with Gasteiger partial charge in [0.1, 0.15) is 11.6 Å². The third kappa shape index (κ3) is 5.23. The zero-order chi connectivity index (χ0) is 13.5. The van der Waals surface area contributed by atoms with E-state index in [0.29, 0.717) is 19.6 Å². The minimum atomic E-state index is -0.761. The minimum Gasteiger partial charge on any atom is -0.379 e. The van der Waals surface area contributed by atoms with Crippen LogP contribution in [0.3, 0.4) is 0 Å². The lowest BCUT2D eigenvalue weighted by Gasteiger charge is -2.08. The lowest BCUT2D eigenvalue weighted by Crippen LogP contribution is -2.25. The SMILES string of the molecule is CC(C)OCCCNC(=O)c1cc(F)cc(F)c1. The first-order chi connectivity index (χ1) is 8.49. The molecule has 1 amide bonds. The third-order valence-electron chi connectivity index (χ3n) is 2.18. The first-order valence-electron chi connectivity index (χ1n) is 5.85. The summed E-state index contributed by atoms with van der Waals surface area (Å²) in [4.78, 5) is 11.6. The Morgan fingerprint density at radius 1 is 1.28 bits per heavy atom. The van der Waals surface area contributed by atoms with Crippen molar-refractivity contribution in [2.45, 2.75) is 26.4 Å². The van der Waals surface area contributed by atoms with Gasteiger partial charge in [0.25, 0.3) is 5.91 Å². The molecule has 0 aromatic heterocycles. The van der Waals surface area contributed by atoms with Crippen molar-refractivity contribution in [1.29, 1.82) is 0 Å². The van der Waals surface area contributed by atoms with E-state index in [-0.39, 0.29) is 11.7 Å². The van der Waals surface area contributed by atoms with Crippen LogP contribution < -0.4 is 5.32 Å². The highest BCUT2D eigenvalue weighted by atomic mass is 19.1. The van der Waals surface area contributed by atoms with Crippen LogP contribution in [0.5, 0.6) is 0 Å². The molecule has 5 heteroatoms. The number of hydrogen-bond donors (Lipinski definition) is 1. The summed E-state index contributed by atoms with van der Waals surface area (Å²) in [5, 5.41) is 2.57. The molecule has 0 saturated carbocycles. The van der Waals surface area contributed by atoms with E-state index in [1.54, 1.807) is 0 Å². The highest BCUT2D eigenvalue weighted by molar-refractivity contribution is 5.94. The molecule has 0 saturated heterocycles. The average Bonchev–Trinajstić information content (AvgIpc) is 2.26. The van der Waals surface area contributed by atoms with Crippen molar-refractivity contribution < 1.29 is 18.3 Å². The highest BCUT2D eigenvalue weighted by Crippen LogP contribution is 2.07. The molecule has 1 aromatic rings. The van der Waals surface area contributed by atoms with Crippen LogP contribution in [0.15, 0.2) is 18.2 Å². The number of carbonyl (C=O) groups is 1. The second kappa shape index (κ2) is 7.06. The van der Waals surface area contributed by atoms with E-state index in [9.17, 15) is 13.6 Å². The van der Waals surface area contributed by atoms with Gasteiger partial charge >= 0.3 is 0 Å². The molecule has 0 aliphatic rings. The standard InChI is InChI=1S/C13H17F2NO2/c1-9(2)18-5-3-4-16-13(17)10-6-11(14)8-12(15)7-10/h6-9H,3-5H2,1-2H3,(H,16,17). The summed E-state index contributed by atoms with van der Waals surface area (Å²) in [5.41, 5.74) is -0.0164. The summed E-state index contributed by atoms with van der Waals surface area (Å²) in [7, 11) is 0. The average molecular weight is 257 g/mol. The van der Waals surface area contributed by atoms with Crippen LogP contribution in [-0.4, -0.2) is 25.2 Å². The van der Waals surface area contributed by atoms with Gasteiger partial charge in [-0.05, 0) is 32.4 Å². The molecule has 1 N–H and O–H groups in total. The molecule has 1 aromatic carbocycles. The lowest BCUT2D eigenvalue weighted by atomic mass is 10.2. The van der Waals surface area contributed by atoms with Crippen LogP contribution in [0.2, 0.25) is 0 Å². The van der Waals surface area contributed by atoms with E-state index in [2.05, 4.69) is 5.32 Å². The molecule has 0 fully saturated rings. The Labute approximate surface area is 105 Å². The van der Waals surface area contributed by atoms with Crippen molar-refractivity contribution >= 4 is 5.91 Å². The number of halogens is 2. The van der Waals surface area contributed by atoms with Crippen LogP contribution in [0.4, 0.5) is 8.78 Å². The molecule has 18 heavy (non-hydrogen) atoms. The fourth-order valence-electron chi connectivity index (χ4n) is 1.38. The predicted octanol–water partition coefficient (Wildman–Crippen LogP) is 2.51. The summed E-state index contributed by atoms with van der Waals surface area (Å²) < 4.78 is 31.1. The molecule has 0 atom stereocenters. The van der Waals surface area contributed by atoms with E-state index < -0.39 is 17.5 Å². The van der Waals surface area contributed by atoms with Gasteiger partial charge in [-0.2, -0.15) is 0 Å². The molecule has 0 aliphatic heterocycles. The predicted molar refractivity (Wildman–Crippen MR) is 64.4 cm³/mol. The fourth-order valence-corrected chi connectivity index (χ4v) is 1.38. The molecule has 0 unspecified atom stereocenters. The molecule has 0 radical (unpaired) electrons. The van der Waals surface area contributed by atoms with Gasteiger partial charge in [0, 0.05) is 24.8 Å². The summed E-state index contributed by atoms with van der Waals surface area (Å²) >= 11 is 0. The maximum absolute atomic E-state index is 12.9. The number of nitrogens with one attached hydrogen (secondary N) is 1. The van der Waals surface area contributed by atoms with E-state index >= 15 is 0 Å². The molecule has 100 valence electrons. The number of rotatable bonds is 6. The smallest absolute Gasteiger partial charge is 0.251 e. The van der Waals surface area contributed by atoms with E-state index in [1.807, 2.05) is 13.8 Å². The van der Waals surface area contributed by atoms with Crippen LogP contribution in [-0.2, 0) is 4.74 Å². The summed E-state index contributed by atoms with van der Waals surface area (Å²) in [6, 6.07) is 2.74. The van der Waals surface area contributed by atoms with Gasteiger partial charge in [-0.3, -0.25) is 4.79 Å². The van der Waals surface area contributed by atoms with Crippen molar-refractivity contribution in [2.75, 3.05) is 13.2 Å². The van der Waals surface area contributed by atoms with Crippen LogP contribution in [0, 0.1) is 11.6 Å². The second-order valence-corrected chi connectivity index (χ2v) is 4.19. The summed E-state index contributed by atoms with van der Waals surface area (Å²) in [6.45, 7) is 4.79. The number of amides is 1. The van der Waals surface area contributed by atoms with Crippen molar-refractivity contribution in [3.8, 4) is 0 Å². The number of ether oxygens (including phenoxy) is 1. The highest BCUT2D eigenvalue weighted by Gasteiger charge is 2.08. The molecule has 3 nitrogen and oxygen atoms in total. The lowest BCUT2D eigenvalue weighted by molar-refractivity contribution is 0.0757. The fraction of sp³-hybridized carbons (Fsp3) is 0.462. The Balaban J connectivity index is 2.36. The Morgan fingerprint density at radius 3 is 2.44 bits per heavy atom. The van der Waals surface area contributed by atoms with Gasteiger partial charge in [-0.15, -0.1) is 0 Å². The largest absolute Gasteiger partial charge is 0.379 e. The zero-order valence-electron chi connectivity index (χ0n) is 10.5. The normalized spacial score (nSPS) is 10.7. The first-order valence-corrected chi connectivity index (χ1v) is 5.85. The monoisotopic (exact) mass is 257 g/mol. The van der Waals surface area contributed by atoms with Crippen LogP contribution in [0.25, 0.3) is 0 Å². The maximum Gasteiger partial charge on any atom is 0.251 e. The Morgan fingerprint density at radius 2 is 1.89 bits per heavy atom. The minimum absolute atomic E-state index is 0.0164. The molecular weight excluding hydrogens is 240 g/mol. The van der Waals surface area contributed by atoms with Crippen molar-refractivity contribution in [3.63, 3.8) is 0 Å². The third-order valence-corrected chi connectivity index (χ3v) is 2.18. The van der Waals surface area contributed by atoms with Gasteiger partial charge in [0.05, 0.1) is 6.10 Å². The molecule has 0 aliphatic carbocycles. The summed E-state index contributed by atoms with van der Waals surface area (Å²) in [5.74, 6) is -2.01. The number of hydrogen-bond acceptors (Lipinski definition) is 2. The van der Waals surface area contributed by atoms with Gasteiger partial charge in [-0.1, -0.05) is 0 Å². The van der Waals surface area contributed by atoms with Gasteiger partial charge in [0.15, 0.2) is 0 Å². The Kier molecular flexibility index (Phi) is 5.71. The number of benzene rings is 1. The van der Waals surface area contributed by atoms with E-state index in [0.717, 1.165) is 18.2 Å². The molecule has 1 rings (SSSR count). The van der Waals surface area contributed by atoms with E-state index in [4.69, 9.17) is 4.74 Å². The molecule has 0 spiro atoms. The Bertz CT molecular complexity index is 388. The molecular formula is C13H17F2NO2. The molecule has 0 heterocycles. The maximum atomic E-state index is 12.9. The van der Waals surface area contributed by atoms with Crippen molar-refractivity contribution in [2.24, 2.45) is 0 Å². The van der Waals surface area contributed by atoms with Gasteiger partial charge < -0.3 is 10.1 Å². The zero-order valence-corrected chi connectivity index (χ0v) is 10.5. The van der Waals surface area contributed by atoms with E-state index in [1.165, 1.54) is 0 Å². The molecule has 0 bridgehead atoms. The van der Waals surface area contributed by atoms with Crippen LogP contribution >= 0.6 is 0 Å².